The van der Waals surface area contributed by atoms with Crippen molar-refractivity contribution in [2.75, 3.05) is 0 Å². The minimum absolute atomic E-state index is 0.0338. The summed E-state index contributed by atoms with van der Waals surface area (Å²) in [4.78, 5) is 17.7. The van der Waals surface area contributed by atoms with E-state index < -0.39 is 0 Å². The molecule has 2 bridgehead atoms. The van der Waals surface area contributed by atoms with Crippen LogP contribution in [0.5, 0.6) is 0 Å². The number of hydrogen-bond donors (Lipinski definition) is 1. The van der Waals surface area contributed by atoms with Gasteiger partial charge in [0.05, 0.1) is 5.56 Å². The minimum Gasteiger partial charge on any atom is -0.349 e. The van der Waals surface area contributed by atoms with Crippen molar-refractivity contribution in [3.05, 3.63) is 34.5 Å². The van der Waals surface area contributed by atoms with Crippen molar-refractivity contribution in [3.63, 3.8) is 0 Å². The second kappa shape index (κ2) is 7.44. The number of carbonyl (C=O) groups excluding carboxylic acids is 1. The quantitative estimate of drug-likeness (QED) is 0.523. The van der Waals surface area contributed by atoms with Gasteiger partial charge in [-0.3, -0.25) is 4.79 Å². The maximum atomic E-state index is 13.1. The highest BCUT2D eigenvalue weighted by Crippen LogP contribution is 2.54. The number of pyridine rings is 1. The Morgan fingerprint density at radius 1 is 1.19 bits per heavy atom. The van der Waals surface area contributed by atoms with E-state index in [0.717, 1.165) is 23.3 Å². The largest absolute Gasteiger partial charge is 0.349 e. The molecule has 4 atom stereocenters. The lowest BCUT2D eigenvalue weighted by Gasteiger charge is -2.23. The molecule has 4 unspecified atom stereocenters. The lowest BCUT2D eigenvalue weighted by molar-refractivity contribution is 0.0922. The van der Waals surface area contributed by atoms with Gasteiger partial charge >= 0.3 is 0 Å². The molecule has 144 valence electrons. The van der Waals surface area contributed by atoms with Gasteiger partial charge in [0.1, 0.15) is 10.2 Å². The van der Waals surface area contributed by atoms with Crippen LogP contribution >= 0.6 is 23.4 Å². The zero-order valence-electron chi connectivity index (χ0n) is 15.6. The molecule has 1 amide bonds. The van der Waals surface area contributed by atoms with Crippen molar-refractivity contribution in [2.24, 2.45) is 17.8 Å². The minimum atomic E-state index is 0.0338. The van der Waals surface area contributed by atoms with Crippen molar-refractivity contribution in [3.8, 4) is 0 Å². The number of hydrogen-bond acceptors (Lipinski definition) is 3. The van der Waals surface area contributed by atoms with E-state index in [1.54, 1.807) is 23.4 Å². The summed E-state index contributed by atoms with van der Waals surface area (Å²) in [5, 5.41) is 5.22. The van der Waals surface area contributed by atoms with Crippen molar-refractivity contribution >= 4 is 29.3 Å². The molecule has 3 saturated carbocycles. The number of nitrogens with one attached hydrogen (secondary N) is 1. The predicted octanol–water partition coefficient (Wildman–Crippen LogP) is 5.63. The first-order valence-electron chi connectivity index (χ1n) is 10.5. The van der Waals surface area contributed by atoms with Gasteiger partial charge in [-0.1, -0.05) is 42.5 Å². The van der Waals surface area contributed by atoms with Crippen LogP contribution < -0.4 is 5.32 Å². The van der Waals surface area contributed by atoms with Gasteiger partial charge in [-0.05, 0) is 68.4 Å². The number of carbonyl (C=O) groups is 1. The van der Waals surface area contributed by atoms with Gasteiger partial charge < -0.3 is 5.32 Å². The highest BCUT2D eigenvalue weighted by molar-refractivity contribution is 7.99. The first kappa shape index (κ1) is 18.1. The molecule has 5 heteroatoms. The third kappa shape index (κ3) is 3.55. The molecule has 1 N–H and O–H groups in total. The Balaban J connectivity index is 1.33. The topological polar surface area (TPSA) is 42.0 Å². The SMILES string of the molecule is O=C(NC1CC2=CCC3CC2C1C3)c1ccc(Cl)nc1SC1CCCCC1. The fourth-order valence-corrected chi connectivity index (χ4v) is 7.30. The van der Waals surface area contributed by atoms with E-state index in [1.807, 2.05) is 6.07 Å². The van der Waals surface area contributed by atoms with Crippen LogP contribution in [0.1, 0.15) is 68.1 Å². The number of allylic oxidation sites excluding steroid dienone is 1. The molecule has 27 heavy (non-hydrogen) atoms. The molecule has 3 nitrogen and oxygen atoms in total. The Labute approximate surface area is 170 Å². The molecule has 0 spiro atoms. The standard InChI is InChI=1S/C22H27ClN2OS/c23-20-9-8-16(22(25-20)27-15-4-2-1-3-5-15)21(26)24-19-12-14-7-6-13-10-17(14)18(19)11-13/h7-9,13,15,17-19H,1-6,10-12H2,(H,24,26). The molecular formula is C22H27ClN2OS. The number of aromatic nitrogens is 1. The normalized spacial score (nSPS) is 32.4. The van der Waals surface area contributed by atoms with Crippen LogP contribution in [0.15, 0.2) is 28.8 Å². The smallest absolute Gasteiger partial charge is 0.254 e. The van der Waals surface area contributed by atoms with Crippen LogP contribution in [-0.4, -0.2) is 22.2 Å². The second-order valence-corrected chi connectivity index (χ2v) is 10.4. The number of halogens is 1. The summed E-state index contributed by atoms with van der Waals surface area (Å²) in [6.07, 6.45) is 13.7. The molecule has 4 aliphatic rings. The predicted molar refractivity (Wildman–Crippen MR) is 110 cm³/mol. The number of thioether (sulfide) groups is 1. The van der Waals surface area contributed by atoms with Crippen molar-refractivity contribution in [1.29, 1.82) is 0 Å². The zero-order valence-corrected chi connectivity index (χ0v) is 17.2. The maximum absolute atomic E-state index is 13.1. The molecule has 0 aromatic carbocycles. The van der Waals surface area contributed by atoms with Gasteiger partial charge in [0, 0.05) is 11.3 Å². The van der Waals surface area contributed by atoms with Crippen LogP contribution in [0.3, 0.4) is 0 Å². The number of fused-ring (bicyclic) bond motifs is 1. The fraction of sp³-hybridized carbons (Fsp3) is 0.636. The van der Waals surface area contributed by atoms with Crippen molar-refractivity contribution < 1.29 is 4.79 Å². The first-order valence-corrected chi connectivity index (χ1v) is 11.8. The average molecular weight is 403 g/mol. The first-order chi connectivity index (χ1) is 13.2. The van der Waals surface area contributed by atoms with Crippen molar-refractivity contribution in [2.45, 2.75) is 74.1 Å². The molecule has 0 aliphatic heterocycles. The molecule has 4 aliphatic carbocycles. The van der Waals surface area contributed by atoms with E-state index in [1.165, 1.54) is 51.4 Å². The Morgan fingerprint density at radius 3 is 2.89 bits per heavy atom. The second-order valence-electron chi connectivity index (χ2n) is 8.77. The van der Waals surface area contributed by atoms with Gasteiger partial charge in [-0.2, -0.15) is 0 Å². The van der Waals surface area contributed by atoms with Gasteiger partial charge in [0.15, 0.2) is 0 Å². The van der Waals surface area contributed by atoms with E-state index in [4.69, 9.17) is 11.6 Å². The molecule has 0 saturated heterocycles. The molecular weight excluding hydrogens is 376 g/mol. The fourth-order valence-electron chi connectivity index (χ4n) is 5.78. The van der Waals surface area contributed by atoms with E-state index in [0.29, 0.717) is 27.9 Å². The Kier molecular flexibility index (Phi) is 4.97. The summed E-state index contributed by atoms with van der Waals surface area (Å²) >= 11 is 7.92. The van der Waals surface area contributed by atoms with Gasteiger partial charge in [-0.25, -0.2) is 4.98 Å². The summed E-state index contributed by atoms with van der Waals surface area (Å²) in [5.74, 6) is 2.25. The van der Waals surface area contributed by atoms with E-state index >= 15 is 0 Å². The van der Waals surface area contributed by atoms with Crippen LogP contribution in [0.4, 0.5) is 0 Å². The Bertz CT molecular complexity index is 774. The highest BCUT2D eigenvalue weighted by Gasteiger charge is 2.48. The Morgan fingerprint density at radius 2 is 2.04 bits per heavy atom. The molecule has 3 fully saturated rings. The molecule has 5 rings (SSSR count). The lowest BCUT2D eigenvalue weighted by Crippen LogP contribution is -2.38. The van der Waals surface area contributed by atoms with E-state index in [-0.39, 0.29) is 5.91 Å². The molecule has 1 aromatic rings. The third-order valence-electron chi connectivity index (χ3n) is 7.09. The monoisotopic (exact) mass is 402 g/mol. The molecule has 0 radical (unpaired) electrons. The van der Waals surface area contributed by atoms with Crippen molar-refractivity contribution in [1.82, 2.24) is 10.3 Å². The summed E-state index contributed by atoms with van der Waals surface area (Å²) in [5.41, 5.74) is 2.31. The van der Waals surface area contributed by atoms with E-state index in [2.05, 4.69) is 16.4 Å². The summed E-state index contributed by atoms with van der Waals surface area (Å²) in [6, 6.07) is 3.91. The number of amides is 1. The van der Waals surface area contributed by atoms with E-state index in [9.17, 15) is 4.79 Å². The highest BCUT2D eigenvalue weighted by atomic mass is 35.5. The molecule has 1 aromatic heterocycles. The van der Waals surface area contributed by atoms with Gasteiger partial charge in [0.2, 0.25) is 0 Å². The summed E-state index contributed by atoms with van der Waals surface area (Å²) < 4.78 is 0. The third-order valence-corrected chi connectivity index (χ3v) is 8.64. The zero-order chi connectivity index (χ0) is 18.4. The van der Waals surface area contributed by atoms with Crippen LogP contribution in [0.2, 0.25) is 5.15 Å². The van der Waals surface area contributed by atoms with Crippen LogP contribution in [0, 0.1) is 17.8 Å². The molecule has 1 heterocycles. The summed E-state index contributed by atoms with van der Waals surface area (Å²) in [6.45, 7) is 0. The number of rotatable bonds is 4. The van der Waals surface area contributed by atoms with Crippen LogP contribution in [0.25, 0.3) is 0 Å². The maximum Gasteiger partial charge on any atom is 0.254 e. The average Bonchev–Trinajstić information content (AvgIpc) is 3.17. The van der Waals surface area contributed by atoms with Crippen LogP contribution in [-0.2, 0) is 0 Å². The summed E-state index contributed by atoms with van der Waals surface area (Å²) in [7, 11) is 0. The van der Waals surface area contributed by atoms with Gasteiger partial charge in [0.25, 0.3) is 5.91 Å². The number of nitrogens with zero attached hydrogens (tertiary/aromatic N) is 1. The lowest BCUT2D eigenvalue weighted by atomic mass is 9.89. The Hall–Kier alpha value is -1.00. The van der Waals surface area contributed by atoms with Gasteiger partial charge in [-0.15, -0.1) is 11.8 Å².